The van der Waals surface area contributed by atoms with E-state index in [0.717, 1.165) is 16.8 Å². The summed E-state index contributed by atoms with van der Waals surface area (Å²) in [5, 5.41) is 39.6. The quantitative estimate of drug-likeness (QED) is 0.111. The summed E-state index contributed by atoms with van der Waals surface area (Å²) in [7, 11) is -4.23. The van der Waals surface area contributed by atoms with E-state index in [2.05, 4.69) is 15.5 Å². The number of ether oxygens (including phenoxy) is 2. The molecule has 5 unspecified atom stereocenters. The van der Waals surface area contributed by atoms with Crippen molar-refractivity contribution in [2.75, 3.05) is 19.7 Å². The topological polar surface area (TPSA) is 203 Å². The van der Waals surface area contributed by atoms with E-state index in [4.69, 9.17) is 14.0 Å². The molecular weight excluding hydrogens is 563 g/mol. The molecule has 2 heterocycles. The van der Waals surface area contributed by atoms with Gasteiger partial charge >= 0.3 is 10.3 Å². The largest absolute Gasteiger partial charge is 0.443 e. The summed E-state index contributed by atoms with van der Waals surface area (Å²) in [6.07, 6.45) is -5.81. The molecule has 15 heteroatoms. The van der Waals surface area contributed by atoms with Crippen molar-refractivity contribution >= 4 is 16.2 Å². The van der Waals surface area contributed by atoms with Crippen LogP contribution in [0.1, 0.15) is 61.4 Å². The van der Waals surface area contributed by atoms with E-state index in [1.54, 1.807) is 0 Å². The van der Waals surface area contributed by atoms with Crippen LogP contribution in [-0.2, 0) is 32.7 Å². The molecule has 1 amide bonds. The molecule has 230 valence electrons. The van der Waals surface area contributed by atoms with Crippen LogP contribution in [0.15, 0.2) is 24.3 Å². The number of carbonyl (C=O) groups excluding carboxylic acids is 1. The first-order chi connectivity index (χ1) is 19.4. The molecule has 1 saturated heterocycles. The number of rotatable bonds is 15. The van der Waals surface area contributed by atoms with Crippen molar-refractivity contribution in [1.82, 2.24) is 20.2 Å². The number of hydrogen-bond acceptors (Lipinski definition) is 9. The molecule has 1 aromatic heterocycles. The number of aliphatic hydroxyl groups is 3. The maximum Gasteiger partial charge on any atom is 0.333 e. The lowest BCUT2D eigenvalue weighted by Crippen LogP contribution is -2.58. The van der Waals surface area contributed by atoms with Gasteiger partial charge in [-0.05, 0) is 36.3 Å². The SMILES string of the molecule is CC(C)c1[nH]nc(OC2OC(CO)C(F)C(O)C2O)c1Cc1ccc(CCCC(=O)NCCCNS(=O)(=O)O)cc1. The number of H-pyrrole nitrogens is 1. The highest BCUT2D eigenvalue weighted by Crippen LogP contribution is 2.31. The van der Waals surface area contributed by atoms with Crippen LogP contribution >= 0.6 is 0 Å². The number of carbonyl (C=O) groups is 1. The number of amides is 1. The Kier molecular flexibility index (Phi) is 12.0. The second kappa shape index (κ2) is 15.0. The van der Waals surface area contributed by atoms with E-state index >= 15 is 0 Å². The van der Waals surface area contributed by atoms with Gasteiger partial charge in [-0.3, -0.25) is 14.4 Å². The highest BCUT2D eigenvalue weighted by molar-refractivity contribution is 7.83. The van der Waals surface area contributed by atoms with Gasteiger partial charge < -0.3 is 30.1 Å². The number of halogens is 1. The lowest BCUT2D eigenvalue weighted by Gasteiger charge is -2.38. The molecule has 41 heavy (non-hydrogen) atoms. The first-order valence-electron chi connectivity index (χ1n) is 13.5. The van der Waals surface area contributed by atoms with Crippen LogP contribution in [0.3, 0.4) is 0 Å². The zero-order valence-corrected chi connectivity index (χ0v) is 23.8. The molecule has 2 aromatic rings. The van der Waals surface area contributed by atoms with Gasteiger partial charge in [0.1, 0.15) is 18.3 Å². The Bertz CT molecular complexity index is 1220. The minimum atomic E-state index is -4.23. The summed E-state index contributed by atoms with van der Waals surface area (Å²) in [4.78, 5) is 12.0. The third-order valence-electron chi connectivity index (χ3n) is 6.70. The van der Waals surface area contributed by atoms with Crippen LogP contribution in [0.5, 0.6) is 5.88 Å². The molecule has 1 aromatic carbocycles. The maximum absolute atomic E-state index is 14.1. The van der Waals surface area contributed by atoms with E-state index in [1.807, 2.05) is 42.8 Å². The number of aliphatic hydroxyl groups excluding tert-OH is 3. The fraction of sp³-hybridized carbons (Fsp3) is 0.615. The highest BCUT2D eigenvalue weighted by Gasteiger charge is 2.46. The van der Waals surface area contributed by atoms with Gasteiger partial charge in [-0.25, -0.2) is 4.39 Å². The number of nitrogens with zero attached hydrogens (tertiary/aromatic N) is 1. The minimum Gasteiger partial charge on any atom is -0.443 e. The monoisotopic (exact) mass is 602 g/mol. The third-order valence-corrected chi connectivity index (χ3v) is 7.27. The second-order valence-electron chi connectivity index (χ2n) is 10.3. The Labute approximate surface area is 238 Å². The van der Waals surface area contributed by atoms with E-state index in [1.165, 1.54) is 0 Å². The summed E-state index contributed by atoms with van der Waals surface area (Å²) in [6.45, 7) is 3.58. The number of nitrogens with one attached hydrogen (secondary N) is 3. The third kappa shape index (κ3) is 9.70. The number of aryl methyl sites for hydroxylation is 1. The van der Waals surface area contributed by atoms with Crippen molar-refractivity contribution in [3.05, 3.63) is 46.6 Å². The lowest BCUT2D eigenvalue weighted by molar-refractivity contribution is -0.265. The van der Waals surface area contributed by atoms with Crippen molar-refractivity contribution in [2.45, 2.75) is 82.6 Å². The average molecular weight is 603 g/mol. The zero-order chi connectivity index (χ0) is 30.2. The first kappa shape index (κ1) is 32.8. The molecular formula is C26H39FN4O9S. The van der Waals surface area contributed by atoms with Gasteiger partial charge in [0.15, 0.2) is 6.17 Å². The molecule has 0 bridgehead atoms. The van der Waals surface area contributed by atoms with Gasteiger partial charge in [0, 0.05) is 37.2 Å². The summed E-state index contributed by atoms with van der Waals surface area (Å²) < 4.78 is 57.0. The summed E-state index contributed by atoms with van der Waals surface area (Å²) in [5.41, 5.74) is 3.50. The Balaban J connectivity index is 1.54. The van der Waals surface area contributed by atoms with Gasteiger partial charge in [0.05, 0.1) is 6.61 Å². The van der Waals surface area contributed by atoms with Crippen LogP contribution in [0, 0.1) is 0 Å². The van der Waals surface area contributed by atoms with E-state index < -0.39 is 47.7 Å². The molecule has 0 aliphatic carbocycles. The number of aromatic nitrogens is 2. The fourth-order valence-corrected chi connectivity index (χ4v) is 4.84. The average Bonchev–Trinajstić information content (AvgIpc) is 3.31. The second-order valence-corrected chi connectivity index (χ2v) is 11.5. The summed E-state index contributed by atoms with van der Waals surface area (Å²) in [6, 6.07) is 7.82. The molecule has 13 nitrogen and oxygen atoms in total. The molecule has 1 aliphatic heterocycles. The van der Waals surface area contributed by atoms with E-state index in [9.17, 15) is 32.9 Å². The van der Waals surface area contributed by atoms with Crippen molar-refractivity contribution < 1.29 is 46.9 Å². The fourth-order valence-electron chi connectivity index (χ4n) is 4.44. The Morgan fingerprint density at radius 3 is 2.46 bits per heavy atom. The van der Waals surface area contributed by atoms with E-state index in [0.29, 0.717) is 44.2 Å². The molecule has 0 saturated carbocycles. The molecule has 0 spiro atoms. The predicted molar refractivity (Wildman–Crippen MR) is 145 cm³/mol. The van der Waals surface area contributed by atoms with Crippen LogP contribution in [0.25, 0.3) is 0 Å². The Hall–Kier alpha value is -2.66. The standard InChI is InChI=1S/C26H39FN4O9S/c1-15(2)22-18(25(31-30-22)40-26-24(35)23(34)21(27)19(14-32)39-26)13-17-9-7-16(8-10-17)5-3-6-20(33)28-11-4-12-29-41(36,37)38/h7-10,15,19,21,23-24,26,29,32,34-35H,3-6,11-14H2,1-2H3,(H,28,33)(H,30,31)(H,36,37,38). The predicted octanol–water partition coefficient (Wildman–Crippen LogP) is 0.501. The van der Waals surface area contributed by atoms with Crippen LogP contribution in [0.2, 0.25) is 0 Å². The van der Waals surface area contributed by atoms with Gasteiger partial charge in [-0.15, -0.1) is 5.10 Å². The van der Waals surface area contributed by atoms with E-state index in [-0.39, 0.29) is 24.2 Å². The highest BCUT2D eigenvalue weighted by atomic mass is 32.2. The van der Waals surface area contributed by atoms with Crippen molar-refractivity contribution in [2.24, 2.45) is 0 Å². The van der Waals surface area contributed by atoms with Crippen molar-refractivity contribution in [3.63, 3.8) is 0 Å². The van der Waals surface area contributed by atoms with Gasteiger partial charge in [-0.2, -0.15) is 13.1 Å². The van der Waals surface area contributed by atoms with Crippen LogP contribution in [-0.4, -0.2) is 94.9 Å². The lowest BCUT2D eigenvalue weighted by atomic mass is 9.98. The van der Waals surface area contributed by atoms with Crippen molar-refractivity contribution in [3.8, 4) is 5.88 Å². The maximum atomic E-state index is 14.1. The molecule has 1 fully saturated rings. The van der Waals surface area contributed by atoms with Gasteiger partial charge in [0.2, 0.25) is 18.1 Å². The molecule has 5 atom stereocenters. The van der Waals surface area contributed by atoms with Gasteiger partial charge in [0.25, 0.3) is 0 Å². The Morgan fingerprint density at radius 1 is 1.15 bits per heavy atom. The number of benzene rings is 1. The normalized spacial score (nSPS) is 23.1. The number of alkyl halides is 1. The first-order valence-corrected chi connectivity index (χ1v) is 14.9. The van der Waals surface area contributed by atoms with Crippen LogP contribution in [0.4, 0.5) is 4.39 Å². The molecule has 0 radical (unpaired) electrons. The zero-order valence-electron chi connectivity index (χ0n) is 23.0. The van der Waals surface area contributed by atoms with Crippen molar-refractivity contribution in [1.29, 1.82) is 0 Å². The number of hydrogen-bond donors (Lipinski definition) is 7. The molecule has 7 N–H and O–H groups in total. The minimum absolute atomic E-state index is 0.0275. The molecule has 1 aliphatic rings. The Morgan fingerprint density at radius 2 is 1.83 bits per heavy atom. The summed E-state index contributed by atoms with van der Waals surface area (Å²) >= 11 is 0. The smallest absolute Gasteiger partial charge is 0.333 e. The summed E-state index contributed by atoms with van der Waals surface area (Å²) in [5.74, 6) is 0.0550. The number of aromatic amines is 1. The van der Waals surface area contributed by atoms with Gasteiger partial charge in [-0.1, -0.05) is 38.1 Å². The molecule has 3 rings (SSSR count). The van der Waals surface area contributed by atoms with Crippen LogP contribution < -0.4 is 14.8 Å².